The van der Waals surface area contributed by atoms with Crippen LogP contribution in [0.2, 0.25) is 0 Å². The third-order valence-corrected chi connectivity index (χ3v) is 5.58. The molecule has 22 heavy (non-hydrogen) atoms. The van der Waals surface area contributed by atoms with Gasteiger partial charge in [-0.2, -0.15) is 0 Å². The standard InChI is InChI=1S/C17H22N2O3/c20-16-8-13(9-19(16)10-14-2-1-5-22-14)17(21)18-15-7-11-3-4-12(15)6-11/h1-2,5,11-13,15H,3-4,6-10H2,(H,18,21)/t11-,12-,13-,15-/m0/s1. The molecule has 1 N–H and O–H groups in total. The first-order valence-corrected chi connectivity index (χ1v) is 8.29. The van der Waals surface area contributed by atoms with Crippen molar-refractivity contribution >= 4 is 11.8 Å². The second-order valence-electron chi connectivity index (χ2n) is 7.04. The first-order chi connectivity index (χ1) is 10.7. The van der Waals surface area contributed by atoms with Gasteiger partial charge in [0.15, 0.2) is 0 Å². The SMILES string of the molecule is O=C(N[C@H]1C[C@H]2CC[C@H]1C2)[C@H]1CC(=O)N(Cc2ccco2)C1. The molecule has 2 saturated carbocycles. The Balaban J connectivity index is 1.33. The lowest BCUT2D eigenvalue weighted by Crippen LogP contribution is -2.42. The van der Waals surface area contributed by atoms with Crippen LogP contribution in [0, 0.1) is 17.8 Å². The molecule has 5 nitrogen and oxygen atoms in total. The van der Waals surface area contributed by atoms with E-state index < -0.39 is 0 Å². The number of carbonyl (C=O) groups excluding carboxylic acids is 2. The van der Waals surface area contributed by atoms with Gasteiger partial charge in [0, 0.05) is 19.0 Å². The Morgan fingerprint density at radius 1 is 1.36 bits per heavy atom. The molecule has 1 aromatic heterocycles. The molecule has 0 radical (unpaired) electrons. The maximum Gasteiger partial charge on any atom is 0.225 e. The van der Waals surface area contributed by atoms with Gasteiger partial charge in [-0.3, -0.25) is 9.59 Å². The second-order valence-corrected chi connectivity index (χ2v) is 7.04. The lowest BCUT2D eigenvalue weighted by atomic mass is 9.94. The molecule has 2 bridgehead atoms. The van der Waals surface area contributed by atoms with E-state index in [0.717, 1.165) is 18.1 Å². The number of amides is 2. The molecule has 0 spiro atoms. The molecule has 3 aliphatic rings. The highest BCUT2D eigenvalue weighted by Gasteiger charge is 2.42. The number of hydrogen-bond acceptors (Lipinski definition) is 3. The van der Waals surface area contributed by atoms with Crippen LogP contribution in [0.25, 0.3) is 0 Å². The molecular formula is C17H22N2O3. The van der Waals surface area contributed by atoms with Crippen LogP contribution in [0.3, 0.4) is 0 Å². The predicted molar refractivity (Wildman–Crippen MR) is 79.6 cm³/mol. The van der Waals surface area contributed by atoms with E-state index in [0.29, 0.717) is 31.5 Å². The topological polar surface area (TPSA) is 62.6 Å². The zero-order chi connectivity index (χ0) is 15.1. The zero-order valence-electron chi connectivity index (χ0n) is 12.7. The highest BCUT2D eigenvalue weighted by atomic mass is 16.3. The molecule has 2 amide bonds. The van der Waals surface area contributed by atoms with Crippen LogP contribution < -0.4 is 5.32 Å². The van der Waals surface area contributed by atoms with Crippen molar-refractivity contribution in [3.05, 3.63) is 24.2 Å². The van der Waals surface area contributed by atoms with Gasteiger partial charge in [0.05, 0.1) is 18.7 Å². The number of hydrogen-bond donors (Lipinski definition) is 1. The van der Waals surface area contributed by atoms with Crippen molar-refractivity contribution < 1.29 is 14.0 Å². The van der Waals surface area contributed by atoms with E-state index in [1.807, 2.05) is 12.1 Å². The minimum absolute atomic E-state index is 0.0458. The fraction of sp³-hybridized carbons (Fsp3) is 0.647. The van der Waals surface area contributed by atoms with E-state index in [9.17, 15) is 9.59 Å². The van der Waals surface area contributed by atoms with Crippen molar-refractivity contribution in [3.63, 3.8) is 0 Å². The summed E-state index contributed by atoms with van der Waals surface area (Å²) in [5.74, 6) is 2.16. The van der Waals surface area contributed by atoms with Gasteiger partial charge in [0.2, 0.25) is 11.8 Å². The zero-order valence-corrected chi connectivity index (χ0v) is 12.7. The summed E-state index contributed by atoms with van der Waals surface area (Å²) >= 11 is 0. The van der Waals surface area contributed by atoms with Crippen molar-refractivity contribution in [3.8, 4) is 0 Å². The van der Waals surface area contributed by atoms with Gasteiger partial charge in [0.1, 0.15) is 5.76 Å². The second kappa shape index (κ2) is 5.45. The molecule has 5 heteroatoms. The Morgan fingerprint density at radius 3 is 2.95 bits per heavy atom. The Kier molecular flexibility index (Phi) is 3.43. The quantitative estimate of drug-likeness (QED) is 0.924. The molecule has 1 saturated heterocycles. The van der Waals surface area contributed by atoms with Gasteiger partial charge in [-0.25, -0.2) is 0 Å². The average Bonchev–Trinajstić information content (AvgIpc) is 3.25. The van der Waals surface area contributed by atoms with E-state index in [4.69, 9.17) is 4.42 Å². The van der Waals surface area contributed by atoms with Gasteiger partial charge >= 0.3 is 0 Å². The molecule has 3 fully saturated rings. The van der Waals surface area contributed by atoms with Gasteiger partial charge in [-0.1, -0.05) is 6.42 Å². The molecule has 1 aliphatic heterocycles. The molecule has 118 valence electrons. The van der Waals surface area contributed by atoms with Crippen LogP contribution >= 0.6 is 0 Å². The maximum atomic E-state index is 12.5. The van der Waals surface area contributed by atoms with Crippen LogP contribution in [0.15, 0.2) is 22.8 Å². The monoisotopic (exact) mass is 302 g/mol. The summed E-state index contributed by atoms with van der Waals surface area (Å²) in [4.78, 5) is 26.3. The van der Waals surface area contributed by atoms with Crippen LogP contribution in [-0.2, 0) is 16.1 Å². The molecule has 2 aliphatic carbocycles. The van der Waals surface area contributed by atoms with Crippen LogP contribution in [0.1, 0.15) is 37.9 Å². The summed E-state index contributed by atoms with van der Waals surface area (Å²) < 4.78 is 5.29. The van der Waals surface area contributed by atoms with Crippen LogP contribution in [-0.4, -0.2) is 29.3 Å². The molecule has 2 heterocycles. The average molecular weight is 302 g/mol. The number of nitrogens with one attached hydrogen (secondary N) is 1. The summed E-state index contributed by atoms with van der Waals surface area (Å²) in [5, 5.41) is 3.21. The third-order valence-electron chi connectivity index (χ3n) is 5.58. The van der Waals surface area contributed by atoms with Gasteiger partial charge < -0.3 is 14.6 Å². The number of likely N-dealkylation sites (tertiary alicyclic amines) is 1. The lowest BCUT2D eigenvalue weighted by Gasteiger charge is -2.24. The number of fused-ring (bicyclic) bond motifs is 2. The number of carbonyl (C=O) groups is 2. The Hall–Kier alpha value is -1.78. The van der Waals surface area contributed by atoms with Crippen molar-refractivity contribution in [2.45, 2.75) is 44.7 Å². The summed E-state index contributed by atoms with van der Waals surface area (Å²) in [5.41, 5.74) is 0. The maximum absolute atomic E-state index is 12.5. The van der Waals surface area contributed by atoms with Crippen molar-refractivity contribution in [1.82, 2.24) is 10.2 Å². The smallest absolute Gasteiger partial charge is 0.225 e. The first-order valence-electron chi connectivity index (χ1n) is 8.29. The summed E-state index contributed by atoms with van der Waals surface area (Å²) in [7, 11) is 0. The van der Waals surface area contributed by atoms with E-state index in [2.05, 4.69) is 5.32 Å². The molecular weight excluding hydrogens is 280 g/mol. The van der Waals surface area contributed by atoms with Crippen LogP contribution in [0.5, 0.6) is 0 Å². The fourth-order valence-corrected chi connectivity index (χ4v) is 4.41. The Labute approximate surface area is 130 Å². The van der Waals surface area contributed by atoms with E-state index >= 15 is 0 Å². The van der Waals surface area contributed by atoms with Gasteiger partial charge in [0.25, 0.3) is 0 Å². The predicted octanol–water partition coefficient (Wildman–Crippen LogP) is 1.93. The fourth-order valence-electron chi connectivity index (χ4n) is 4.41. The minimum atomic E-state index is -0.207. The summed E-state index contributed by atoms with van der Waals surface area (Å²) in [6.45, 7) is 0.968. The Morgan fingerprint density at radius 2 is 2.27 bits per heavy atom. The third kappa shape index (κ3) is 2.53. The van der Waals surface area contributed by atoms with Gasteiger partial charge in [-0.05, 0) is 43.2 Å². The first kappa shape index (κ1) is 13.9. The van der Waals surface area contributed by atoms with Crippen molar-refractivity contribution in [2.75, 3.05) is 6.54 Å². The highest BCUT2D eigenvalue weighted by molar-refractivity contribution is 5.89. The lowest BCUT2D eigenvalue weighted by molar-refractivity contribution is -0.129. The molecule has 1 aromatic rings. The summed E-state index contributed by atoms with van der Waals surface area (Å²) in [6, 6.07) is 4.02. The number of rotatable bonds is 4. The molecule has 0 aromatic carbocycles. The van der Waals surface area contributed by atoms with E-state index in [-0.39, 0.29) is 17.7 Å². The van der Waals surface area contributed by atoms with Gasteiger partial charge in [-0.15, -0.1) is 0 Å². The van der Waals surface area contributed by atoms with E-state index in [1.54, 1.807) is 11.2 Å². The largest absolute Gasteiger partial charge is 0.467 e. The molecule has 0 unspecified atom stereocenters. The normalized spacial score (nSPS) is 33.6. The van der Waals surface area contributed by atoms with Crippen molar-refractivity contribution in [2.24, 2.45) is 17.8 Å². The van der Waals surface area contributed by atoms with Crippen molar-refractivity contribution in [1.29, 1.82) is 0 Å². The van der Waals surface area contributed by atoms with E-state index in [1.165, 1.54) is 19.3 Å². The number of nitrogens with zero attached hydrogens (tertiary/aromatic N) is 1. The number of furan rings is 1. The summed E-state index contributed by atoms with van der Waals surface area (Å²) in [6.07, 6.45) is 6.93. The van der Waals surface area contributed by atoms with Crippen LogP contribution in [0.4, 0.5) is 0 Å². The minimum Gasteiger partial charge on any atom is -0.467 e. The Bertz CT molecular complexity index is 568. The molecule has 4 rings (SSSR count). The highest BCUT2D eigenvalue weighted by Crippen LogP contribution is 2.44. The molecule has 4 atom stereocenters.